The molecule has 1 saturated heterocycles. The summed E-state index contributed by atoms with van der Waals surface area (Å²) in [5.41, 5.74) is 4.52. The maximum atomic E-state index is 13.2. The first-order valence-electron chi connectivity index (χ1n) is 11.9. The molecule has 7 nitrogen and oxygen atoms in total. The van der Waals surface area contributed by atoms with E-state index >= 15 is 0 Å². The maximum absolute atomic E-state index is 13.2. The van der Waals surface area contributed by atoms with Crippen molar-refractivity contribution in [2.24, 2.45) is 0 Å². The van der Waals surface area contributed by atoms with Gasteiger partial charge in [-0.15, -0.1) is 0 Å². The van der Waals surface area contributed by atoms with Crippen molar-refractivity contribution in [3.63, 3.8) is 0 Å². The van der Waals surface area contributed by atoms with Crippen LogP contribution in [0, 0.1) is 0 Å². The molecule has 1 N–H and O–H groups in total. The zero-order chi connectivity index (χ0) is 23.5. The lowest BCUT2D eigenvalue weighted by Gasteiger charge is -2.17. The van der Waals surface area contributed by atoms with E-state index in [0.717, 1.165) is 66.4 Å². The van der Waals surface area contributed by atoms with Gasteiger partial charge in [0.25, 0.3) is 5.91 Å². The highest BCUT2D eigenvalue weighted by Crippen LogP contribution is 2.29. The number of hydrogen-bond donors (Lipinski definition) is 1. The van der Waals surface area contributed by atoms with E-state index in [1.54, 1.807) is 23.1 Å². The van der Waals surface area contributed by atoms with Gasteiger partial charge in [0.05, 0.1) is 11.1 Å². The standard InChI is InChI=1S/C27H27N3O4/c31-24(28-18-8-6-9-19(16-18)30-15-7-14-25(30)32)17-34-27(33)26-20-10-2-1-3-12-22(20)29-23-13-5-4-11-21(23)26/h4-6,8-9,11,13,16H,1-3,7,10,12,14-15,17H2,(H,28,31). The molecular weight excluding hydrogens is 430 g/mol. The molecule has 5 rings (SSSR count). The number of hydrogen-bond acceptors (Lipinski definition) is 5. The molecule has 1 aliphatic carbocycles. The molecule has 2 aliphatic rings. The average molecular weight is 458 g/mol. The Kier molecular flexibility index (Phi) is 6.25. The lowest BCUT2D eigenvalue weighted by molar-refractivity contribution is -0.119. The van der Waals surface area contributed by atoms with Gasteiger partial charge in [-0.25, -0.2) is 4.79 Å². The molecule has 2 amide bonds. The van der Waals surface area contributed by atoms with Crippen molar-refractivity contribution in [2.75, 3.05) is 23.4 Å². The van der Waals surface area contributed by atoms with Crippen LogP contribution in [0.1, 0.15) is 53.7 Å². The van der Waals surface area contributed by atoms with E-state index in [9.17, 15) is 14.4 Å². The van der Waals surface area contributed by atoms with E-state index in [0.29, 0.717) is 24.2 Å². The van der Waals surface area contributed by atoms with Crippen LogP contribution in [-0.2, 0) is 27.2 Å². The Bertz CT molecular complexity index is 1270. The number of fused-ring (bicyclic) bond motifs is 2. The Morgan fingerprint density at radius 1 is 0.971 bits per heavy atom. The average Bonchev–Trinajstić information content (AvgIpc) is 3.14. The number of ether oxygens (including phenoxy) is 1. The van der Waals surface area contributed by atoms with Gasteiger partial charge in [-0.1, -0.05) is 30.7 Å². The Labute approximate surface area is 198 Å². The topological polar surface area (TPSA) is 88.6 Å². The summed E-state index contributed by atoms with van der Waals surface area (Å²) < 4.78 is 5.48. The van der Waals surface area contributed by atoms with E-state index in [-0.39, 0.29) is 5.91 Å². The van der Waals surface area contributed by atoms with E-state index < -0.39 is 18.5 Å². The minimum Gasteiger partial charge on any atom is -0.452 e. The van der Waals surface area contributed by atoms with Crippen LogP contribution >= 0.6 is 0 Å². The molecule has 0 saturated carbocycles. The zero-order valence-corrected chi connectivity index (χ0v) is 19.0. The summed E-state index contributed by atoms with van der Waals surface area (Å²) in [4.78, 5) is 44.3. The molecule has 174 valence electrons. The number of benzene rings is 2. The third-order valence-electron chi connectivity index (χ3n) is 6.47. The highest BCUT2D eigenvalue weighted by atomic mass is 16.5. The molecule has 34 heavy (non-hydrogen) atoms. The number of nitrogens with zero attached hydrogens (tertiary/aromatic N) is 2. The molecule has 1 fully saturated rings. The van der Waals surface area contributed by atoms with E-state index in [2.05, 4.69) is 5.32 Å². The number of pyridine rings is 1. The zero-order valence-electron chi connectivity index (χ0n) is 19.0. The Morgan fingerprint density at radius 3 is 2.68 bits per heavy atom. The third kappa shape index (κ3) is 4.51. The van der Waals surface area contributed by atoms with Crippen molar-refractivity contribution in [1.29, 1.82) is 0 Å². The minimum atomic E-state index is -0.497. The molecule has 2 aromatic carbocycles. The van der Waals surface area contributed by atoms with Crippen LogP contribution in [0.3, 0.4) is 0 Å². The molecule has 0 radical (unpaired) electrons. The van der Waals surface area contributed by atoms with Crippen LogP contribution in [-0.4, -0.2) is 35.9 Å². The number of carbonyl (C=O) groups excluding carboxylic acids is 3. The minimum absolute atomic E-state index is 0.0844. The van der Waals surface area contributed by atoms with E-state index in [4.69, 9.17) is 9.72 Å². The summed E-state index contributed by atoms with van der Waals surface area (Å²) in [6.45, 7) is 0.287. The largest absolute Gasteiger partial charge is 0.452 e. The first-order valence-corrected chi connectivity index (χ1v) is 11.9. The fourth-order valence-corrected chi connectivity index (χ4v) is 4.86. The number of para-hydroxylation sites is 1. The van der Waals surface area contributed by atoms with Crippen LogP contribution < -0.4 is 10.2 Å². The van der Waals surface area contributed by atoms with Gasteiger partial charge in [-0.05, 0) is 61.9 Å². The molecule has 2 heterocycles. The number of nitrogens with one attached hydrogen (secondary N) is 1. The van der Waals surface area contributed by atoms with Crippen molar-refractivity contribution < 1.29 is 19.1 Å². The highest BCUT2D eigenvalue weighted by Gasteiger charge is 2.24. The number of rotatable bonds is 5. The number of anilines is 2. The third-order valence-corrected chi connectivity index (χ3v) is 6.47. The maximum Gasteiger partial charge on any atom is 0.339 e. The predicted molar refractivity (Wildman–Crippen MR) is 130 cm³/mol. The molecule has 3 aromatic rings. The Morgan fingerprint density at radius 2 is 1.82 bits per heavy atom. The number of aromatic nitrogens is 1. The summed E-state index contributed by atoms with van der Waals surface area (Å²) in [6, 6.07) is 14.7. The number of carbonyl (C=O) groups is 3. The molecule has 7 heteroatoms. The van der Waals surface area contributed by atoms with Crippen LogP contribution in [0.5, 0.6) is 0 Å². The highest BCUT2D eigenvalue weighted by molar-refractivity contribution is 6.06. The van der Waals surface area contributed by atoms with Crippen molar-refractivity contribution >= 4 is 40.1 Å². The van der Waals surface area contributed by atoms with Crippen LogP contribution in [0.2, 0.25) is 0 Å². The van der Waals surface area contributed by atoms with Crippen molar-refractivity contribution in [3.05, 3.63) is 65.4 Å². The monoisotopic (exact) mass is 457 g/mol. The first-order chi connectivity index (χ1) is 16.6. The van der Waals surface area contributed by atoms with Gasteiger partial charge in [-0.3, -0.25) is 14.6 Å². The van der Waals surface area contributed by atoms with Gasteiger partial charge in [0.15, 0.2) is 6.61 Å². The van der Waals surface area contributed by atoms with E-state index in [1.165, 1.54) is 0 Å². The second-order valence-electron chi connectivity index (χ2n) is 8.81. The summed E-state index contributed by atoms with van der Waals surface area (Å²) in [7, 11) is 0. The molecule has 0 spiro atoms. The van der Waals surface area contributed by atoms with Crippen LogP contribution in [0.25, 0.3) is 10.9 Å². The molecule has 1 aromatic heterocycles. The molecule has 0 unspecified atom stereocenters. The first kappa shape index (κ1) is 22.1. The van der Waals surface area contributed by atoms with Gasteiger partial charge in [0.1, 0.15) is 0 Å². The van der Waals surface area contributed by atoms with Crippen molar-refractivity contribution in [2.45, 2.75) is 44.9 Å². The number of amides is 2. The lowest BCUT2D eigenvalue weighted by atomic mass is 9.97. The van der Waals surface area contributed by atoms with Crippen molar-refractivity contribution in [1.82, 2.24) is 4.98 Å². The molecule has 0 atom stereocenters. The molecule has 1 aliphatic heterocycles. The fraction of sp³-hybridized carbons (Fsp3) is 0.333. The predicted octanol–water partition coefficient (Wildman–Crippen LogP) is 4.43. The van der Waals surface area contributed by atoms with Crippen LogP contribution in [0.4, 0.5) is 11.4 Å². The second-order valence-corrected chi connectivity index (χ2v) is 8.81. The molecular formula is C27H27N3O4. The van der Waals surface area contributed by atoms with Gasteiger partial charge in [0.2, 0.25) is 5.91 Å². The normalized spacial score (nSPS) is 15.6. The van der Waals surface area contributed by atoms with Gasteiger partial charge in [-0.2, -0.15) is 0 Å². The SMILES string of the molecule is O=C(COC(=O)c1c2c(nc3ccccc13)CCCCC2)Nc1cccc(N2CCCC2=O)c1. The van der Waals surface area contributed by atoms with Crippen molar-refractivity contribution in [3.8, 4) is 0 Å². The Balaban J connectivity index is 1.31. The number of esters is 1. The quantitative estimate of drug-likeness (QED) is 0.452. The number of aryl methyl sites for hydroxylation is 1. The van der Waals surface area contributed by atoms with Crippen LogP contribution in [0.15, 0.2) is 48.5 Å². The summed E-state index contributed by atoms with van der Waals surface area (Å²) >= 11 is 0. The van der Waals surface area contributed by atoms with Gasteiger partial charge >= 0.3 is 5.97 Å². The Hall–Kier alpha value is -3.74. The second kappa shape index (κ2) is 9.63. The smallest absolute Gasteiger partial charge is 0.339 e. The summed E-state index contributed by atoms with van der Waals surface area (Å²) in [5.74, 6) is -0.841. The van der Waals surface area contributed by atoms with E-state index in [1.807, 2.05) is 30.3 Å². The lowest BCUT2D eigenvalue weighted by Crippen LogP contribution is -2.24. The van der Waals surface area contributed by atoms with Gasteiger partial charge in [0, 0.05) is 35.4 Å². The fourth-order valence-electron chi connectivity index (χ4n) is 4.86. The summed E-state index contributed by atoms with van der Waals surface area (Å²) in [5, 5.41) is 3.53. The summed E-state index contributed by atoms with van der Waals surface area (Å²) in [6.07, 6.45) is 6.16. The van der Waals surface area contributed by atoms with Gasteiger partial charge < -0.3 is 15.0 Å². The molecule has 0 bridgehead atoms.